The number of rotatable bonds is 6. The van der Waals surface area contributed by atoms with Crippen LogP contribution in [-0.2, 0) is 16.6 Å². The maximum Gasteiger partial charge on any atom is 0.251 e. The zero-order valence-electron chi connectivity index (χ0n) is 17.7. The van der Waals surface area contributed by atoms with Gasteiger partial charge in [-0.1, -0.05) is 18.2 Å². The summed E-state index contributed by atoms with van der Waals surface area (Å²) in [5.74, 6) is -1.10. The number of amides is 1. The average molecular weight is 472 g/mol. The molecule has 4 rings (SSSR count). The van der Waals surface area contributed by atoms with Crippen LogP contribution < -0.4 is 10.2 Å². The van der Waals surface area contributed by atoms with Crippen molar-refractivity contribution < 1.29 is 22.0 Å². The first-order valence-electron chi connectivity index (χ1n) is 10.5. The smallest absolute Gasteiger partial charge is 0.251 e. The Morgan fingerprint density at radius 3 is 2.09 bits per heavy atom. The number of hydrogen-bond acceptors (Lipinski definition) is 4. The lowest BCUT2D eigenvalue weighted by Crippen LogP contribution is -2.48. The van der Waals surface area contributed by atoms with Crippen LogP contribution in [0.3, 0.4) is 0 Å². The minimum atomic E-state index is -3.78. The van der Waals surface area contributed by atoms with Gasteiger partial charge >= 0.3 is 0 Å². The SMILES string of the molecule is O=C(NCc1ccc(F)cc1)c1cccc(S(=O)(=O)N2CCN(c3ccc(F)cc3)CC2)c1. The van der Waals surface area contributed by atoms with E-state index in [4.69, 9.17) is 0 Å². The number of sulfonamides is 1. The van der Waals surface area contributed by atoms with Gasteiger partial charge in [-0.05, 0) is 60.2 Å². The number of carbonyl (C=O) groups excluding carboxylic acids is 1. The van der Waals surface area contributed by atoms with Crippen LogP contribution in [0.25, 0.3) is 0 Å². The molecule has 1 saturated heterocycles. The van der Waals surface area contributed by atoms with E-state index in [0.717, 1.165) is 11.3 Å². The molecular weight excluding hydrogens is 448 g/mol. The van der Waals surface area contributed by atoms with Crippen LogP contribution in [0.15, 0.2) is 77.7 Å². The van der Waals surface area contributed by atoms with E-state index in [0.29, 0.717) is 13.1 Å². The van der Waals surface area contributed by atoms with Crippen molar-refractivity contribution in [3.05, 3.63) is 95.6 Å². The fraction of sp³-hybridized carbons (Fsp3) is 0.208. The topological polar surface area (TPSA) is 69.7 Å². The quantitative estimate of drug-likeness (QED) is 0.598. The molecule has 0 bridgehead atoms. The normalized spacial score (nSPS) is 14.8. The van der Waals surface area contributed by atoms with E-state index in [1.807, 2.05) is 4.90 Å². The molecule has 33 heavy (non-hydrogen) atoms. The van der Waals surface area contributed by atoms with Crippen LogP contribution in [0.2, 0.25) is 0 Å². The lowest BCUT2D eigenvalue weighted by Gasteiger charge is -2.35. The van der Waals surface area contributed by atoms with Gasteiger partial charge < -0.3 is 10.2 Å². The van der Waals surface area contributed by atoms with Crippen molar-refractivity contribution in [3.8, 4) is 0 Å². The minimum absolute atomic E-state index is 0.0483. The number of benzene rings is 3. The lowest BCUT2D eigenvalue weighted by atomic mass is 10.2. The third-order valence-corrected chi connectivity index (χ3v) is 7.43. The van der Waals surface area contributed by atoms with Crippen molar-refractivity contribution in [2.24, 2.45) is 0 Å². The van der Waals surface area contributed by atoms with Gasteiger partial charge in [0.25, 0.3) is 5.91 Å². The fourth-order valence-corrected chi connectivity index (χ4v) is 5.14. The van der Waals surface area contributed by atoms with E-state index in [-0.39, 0.29) is 41.7 Å². The molecule has 1 N–H and O–H groups in total. The van der Waals surface area contributed by atoms with Gasteiger partial charge in [0.2, 0.25) is 10.0 Å². The Morgan fingerprint density at radius 2 is 1.45 bits per heavy atom. The molecule has 3 aromatic rings. The molecule has 1 fully saturated rings. The minimum Gasteiger partial charge on any atom is -0.369 e. The van der Waals surface area contributed by atoms with E-state index in [9.17, 15) is 22.0 Å². The average Bonchev–Trinajstić information content (AvgIpc) is 2.84. The van der Waals surface area contributed by atoms with Gasteiger partial charge in [-0.25, -0.2) is 17.2 Å². The summed E-state index contributed by atoms with van der Waals surface area (Å²) >= 11 is 0. The Kier molecular flexibility index (Phi) is 6.71. The molecule has 6 nitrogen and oxygen atoms in total. The second-order valence-electron chi connectivity index (χ2n) is 7.70. The molecule has 0 unspecified atom stereocenters. The highest BCUT2D eigenvalue weighted by Gasteiger charge is 2.29. The maximum absolute atomic E-state index is 13.2. The molecule has 0 radical (unpaired) electrons. The molecule has 0 spiro atoms. The molecular formula is C24H23F2N3O3S. The molecule has 1 amide bonds. The Balaban J connectivity index is 1.41. The number of nitrogens with zero attached hydrogens (tertiary/aromatic N) is 2. The van der Waals surface area contributed by atoms with Crippen molar-refractivity contribution in [3.63, 3.8) is 0 Å². The Labute approximate surface area is 191 Å². The number of nitrogens with one attached hydrogen (secondary N) is 1. The third kappa shape index (κ3) is 5.37. The number of halogens is 2. The predicted molar refractivity (Wildman–Crippen MR) is 121 cm³/mol. The van der Waals surface area contributed by atoms with Crippen LogP contribution >= 0.6 is 0 Å². The standard InChI is InChI=1S/C24H23F2N3O3S/c25-20-6-4-18(5-7-20)17-27-24(30)19-2-1-3-23(16-19)33(31,32)29-14-12-28(13-15-29)22-10-8-21(26)9-11-22/h1-11,16H,12-15,17H2,(H,27,30). The van der Waals surface area contributed by atoms with Crippen molar-refractivity contribution in [2.45, 2.75) is 11.4 Å². The van der Waals surface area contributed by atoms with Gasteiger partial charge in [0.15, 0.2) is 0 Å². The van der Waals surface area contributed by atoms with E-state index in [1.165, 1.54) is 46.8 Å². The summed E-state index contributed by atoms with van der Waals surface area (Å²) in [6, 6.07) is 17.8. The van der Waals surface area contributed by atoms with Gasteiger partial charge in [0.1, 0.15) is 11.6 Å². The van der Waals surface area contributed by atoms with Crippen molar-refractivity contribution in [1.82, 2.24) is 9.62 Å². The van der Waals surface area contributed by atoms with Gasteiger partial charge in [-0.3, -0.25) is 4.79 Å². The van der Waals surface area contributed by atoms with Crippen LogP contribution in [0.4, 0.5) is 14.5 Å². The summed E-state index contributed by atoms with van der Waals surface area (Å²) in [5, 5.41) is 2.72. The third-order valence-electron chi connectivity index (χ3n) is 5.53. The summed E-state index contributed by atoms with van der Waals surface area (Å²) in [5.41, 5.74) is 1.80. The Morgan fingerprint density at radius 1 is 0.848 bits per heavy atom. The zero-order valence-corrected chi connectivity index (χ0v) is 18.6. The molecule has 1 aliphatic heterocycles. The molecule has 3 aromatic carbocycles. The fourth-order valence-electron chi connectivity index (χ4n) is 3.67. The maximum atomic E-state index is 13.2. The molecule has 1 heterocycles. The molecule has 0 atom stereocenters. The predicted octanol–water partition coefficient (Wildman–Crippen LogP) is 3.41. The van der Waals surface area contributed by atoms with Gasteiger partial charge in [-0.2, -0.15) is 4.31 Å². The highest BCUT2D eigenvalue weighted by molar-refractivity contribution is 7.89. The summed E-state index contributed by atoms with van der Waals surface area (Å²) in [4.78, 5) is 14.6. The highest BCUT2D eigenvalue weighted by atomic mass is 32.2. The number of piperazine rings is 1. The van der Waals surface area contributed by atoms with E-state index < -0.39 is 15.9 Å². The van der Waals surface area contributed by atoms with Crippen LogP contribution in [-0.4, -0.2) is 44.8 Å². The molecule has 172 valence electrons. The van der Waals surface area contributed by atoms with Gasteiger partial charge in [-0.15, -0.1) is 0 Å². The molecule has 9 heteroatoms. The van der Waals surface area contributed by atoms with E-state index >= 15 is 0 Å². The monoisotopic (exact) mass is 471 g/mol. The number of anilines is 1. The van der Waals surface area contributed by atoms with Crippen LogP contribution in [0.1, 0.15) is 15.9 Å². The van der Waals surface area contributed by atoms with Gasteiger partial charge in [0, 0.05) is 44.0 Å². The second-order valence-corrected chi connectivity index (χ2v) is 9.64. The first-order chi connectivity index (χ1) is 15.8. The van der Waals surface area contributed by atoms with E-state index in [1.54, 1.807) is 30.3 Å². The van der Waals surface area contributed by atoms with Crippen molar-refractivity contribution in [2.75, 3.05) is 31.1 Å². The first kappa shape index (κ1) is 22.9. The second kappa shape index (κ2) is 9.68. The Hall–Kier alpha value is -3.30. The van der Waals surface area contributed by atoms with Crippen LogP contribution in [0.5, 0.6) is 0 Å². The largest absolute Gasteiger partial charge is 0.369 e. The molecule has 1 aliphatic rings. The summed E-state index contributed by atoms with van der Waals surface area (Å²) < 4.78 is 53.9. The number of hydrogen-bond donors (Lipinski definition) is 1. The van der Waals surface area contributed by atoms with Gasteiger partial charge in [0.05, 0.1) is 4.90 Å². The van der Waals surface area contributed by atoms with E-state index in [2.05, 4.69) is 5.32 Å². The first-order valence-corrected chi connectivity index (χ1v) is 11.9. The lowest BCUT2D eigenvalue weighted by molar-refractivity contribution is 0.0950. The highest BCUT2D eigenvalue weighted by Crippen LogP contribution is 2.22. The molecule has 0 saturated carbocycles. The number of carbonyl (C=O) groups is 1. The van der Waals surface area contributed by atoms with Crippen molar-refractivity contribution in [1.29, 1.82) is 0 Å². The summed E-state index contributed by atoms with van der Waals surface area (Å²) in [6.07, 6.45) is 0. The zero-order chi connectivity index (χ0) is 23.4. The van der Waals surface area contributed by atoms with Crippen molar-refractivity contribution >= 4 is 21.6 Å². The summed E-state index contributed by atoms with van der Waals surface area (Å²) in [7, 11) is -3.78. The molecule has 0 aliphatic carbocycles. The molecule has 0 aromatic heterocycles. The Bertz CT molecular complexity index is 1220. The summed E-state index contributed by atoms with van der Waals surface area (Å²) in [6.45, 7) is 1.70. The van der Waals surface area contributed by atoms with Crippen LogP contribution in [0, 0.1) is 11.6 Å².